The fourth-order valence-corrected chi connectivity index (χ4v) is 3.21. The molecule has 1 aromatic carbocycles. The Balaban J connectivity index is 1.92. The van der Waals surface area contributed by atoms with Crippen molar-refractivity contribution in [3.05, 3.63) is 35.4 Å². The molecule has 0 unspecified atom stereocenters. The van der Waals surface area contributed by atoms with Crippen molar-refractivity contribution in [3.63, 3.8) is 0 Å². The number of H-pyrrole nitrogens is 1. The molecule has 0 bridgehead atoms. The van der Waals surface area contributed by atoms with Crippen LogP contribution in [-0.2, 0) is 14.1 Å². The third-order valence-corrected chi connectivity index (χ3v) is 5.70. The maximum absolute atomic E-state index is 11.5. The molecule has 2 aromatic rings. The van der Waals surface area contributed by atoms with Crippen LogP contribution in [0.25, 0.3) is 17.0 Å². The van der Waals surface area contributed by atoms with Gasteiger partial charge in [-0.15, -0.1) is 0 Å². The van der Waals surface area contributed by atoms with Crippen LogP contribution < -0.4 is 0 Å². The summed E-state index contributed by atoms with van der Waals surface area (Å²) in [6.07, 6.45) is 3.84. The Hall–Kier alpha value is -1.57. The van der Waals surface area contributed by atoms with Gasteiger partial charge in [-0.1, -0.05) is 30.0 Å². The Labute approximate surface area is 152 Å². The minimum absolute atomic E-state index is 0.0754. The number of hydrogen-bond donors (Lipinski definition) is 1. The van der Waals surface area contributed by atoms with Crippen molar-refractivity contribution in [2.75, 3.05) is 5.75 Å². The Kier molecular flexibility index (Phi) is 4.83. The zero-order valence-electron chi connectivity index (χ0n) is 15.3. The molecule has 132 valence electrons. The Morgan fingerprint density at radius 3 is 2.60 bits per heavy atom. The van der Waals surface area contributed by atoms with Crippen molar-refractivity contribution < 1.29 is 14.1 Å². The molecule has 0 atom stereocenters. The second-order valence-corrected chi connectivity index (χ2v) is 8.46. The summed E-state index contributed by atoms with van der Waals surface area (Å²) in [6, 6.07) is 6.08. The van der Waals surface area contributed by atoms with Gasteiger partial charge in [0.05, 0.1) is 22.9 Å². The molecule has 0 amide bonds. The number of aromatic nitrogens is 2. The molecule has 0 aliphatic carbocycles. The van der Waals surface area contributed by atoms with Crippen molar-refractivity contribution in [1.82, 2.24) is 10.2 Å². The minimum atomic E-state index is -0.464. The monoisotopic (exact) mass is 358 g/mol. The van der Waals surface area contributed by atoms with Gasteiger partial charge in [0.1, 0.15) is 0 Å². The SMILES string of the molecule is CC(=O)SCC(=Cc1ccc2cn[nH]c2c1)B1OC(C)(C)C(C)(C)O1. The smallest absolute Gasteiger partial charge is 0.400 e. The van der Waals surface area contributed by atoms with Crippen LogP contribution in [0.4, 0.5) is 0 Å². The van der Waals surface area contributed by atoms with Crippen LogP contribution in [-0.4, -0.2) is 39.4 Å². The van der Waals surface area contributed by atoms with Gasteiger partial charge in [0.2, 0.25) is 0 Å². The van der Waals surface area contributed by atoms with Crippen molar-refractivity contribution in [1.29, 1.82) is 0 Å². The van der Waals surface area contributed by atoms with Gasteiger partial charge in [0.25, 0.3) is 0 Å². The number of rotatable bonds is 4. The molecule has 1 aromatic heterocycles. The molecule has 1 fully saturated rings. The number of nitrogens with zero attached hydrogens (tertiary/aromatic N) is 1. The number of hydrogen-bond acceptors (Lipinski definition) is 5. The zero-order chi connectivity index (χ0) is 18.2. The fraction of sp³-hybridized carbons (Fsp3) is 0.444. The van der Waals surface area contributed by atoms with Crippen LogP contribution in [0.3, 0.4) is 0 Å². The van der Waals surface area contributed by atoms with Crippen molar-refractivity contribution >= 4 is 41.0 Å². The summed E-state index contributed by atoms with van der Waals surface area (Å²) < 4.78 is 12.3. The summed E-state index contributed by atoms with van der Waals surface area (Å²) in [5.41, 5.74) is 2.11. The third kappa shape index (κ3) is 3.83. The molecule has 1 N–H and O–H groups in total. The first-order chi connectivity index (χ1) is 11.7. The van der Waals surface area contributed by atoms with Crippen LogP contribution in [0.1, 0.15) is 40.2 Å². The highest BCUT2D eigenvalue weighted by Gasteiger charge is 2.52. The summed E-state index contributed by atoms with van der Waals surface area (Å²) in [5, 5.41) is 8.17. The van der Waals surface area contributed by atoms with E-state index in [1.54, 1.807) is 13.1 Å². The molecule has 1 saturated heterocycles. The summed E-state index contributed by atoms with van der Waals surface area (Å²) in [5.74, 6) is 0.535. The molecule has 5 nitrogen and oxygen atoms in total. The predicted octanol–water partition coefficient (Wildman–Crippen LogP) is 3.86. The van der Waals surface area contributed by atoms with Crippen molar-refractivity contribution in [3.8, 4) is 0 Å². The normalized spacial score (nSPS) is 19.6. The van der Waals surface area contributed by atoms with Crippen LogP contribution >= 0.6 is 11.8 Å². The van der Waals surface area contributed by atoms with E-state index >= 15 is 0 Å². The number of nitrogens with one attached hydrogen (secondary N) is 1. The summed E-state index contributed by atoms with van der Waals surface area (Å²) in [6.45, 7) is 9.68. The molecule has 0 saturated carbocycles. The molecule has 3 rings (SSSR count). The van der Waals surface area contributed by atoms with Gasteiger partial charge in [-0.05, 0) is 44.8 Å². The van der Waals surface area contributed by atoms with E-state index in [1.165, 1.54) is 11.8 Å². The maximum atomic E-state index is 11.5. The lowest BCUT2D eigenvalue weighted by atomic mass is 9.78. The predicted molar refractivity (Wildman–Crippen MR) is 103 cm³/mol. The Morgan fingerprint density at radius 1 is 1.28 bits per heavy atom. The lowest BCUT2D eigenvalue weighted by Gasteiger charge is -2.32. The van der Waals surface area contributed by atoms with Gasteiger partial charge in [0, 0.05) is 18.1 Å². The second-order valence-electron chi connectivity index (χ2n) is 7.30. The molecule has 2 heterocycles. The Morgan fingerprint density at radius 2 is 1.96 bits per heavy atom. The minimum Gasteiger partial charge on any atom is -0.400 e. The topological polar surface area (TPSA) is 64.2 Å². The first kappa shape index (κ1) is 18.2. The molecule has 0 spiro atoms. The lowest BCUT2D eigenvalue weighted by Crippen LogP contribution is -2.41. The third-order valence-electron chi connectivity index (χ3n) is 4.82. The summed E-state index contributed by atoms with van der Waals surface area (Å²) in [7, 11) is -0.464. The highest BCUT2D eigenvalue weighted by Crippen LogP contribution is 2.39. The largest absolute Gasteiger partial charge is 0.491 e. The van der Waals surface area contributed by atoms with Gasteiger partial charge < -0.3 is 9.31 Å². The van der Waals surface area contributed by atoms with E-state index in [1.807, 2.05) is 52.0 Å². The maximum Gasteiger partial charge on any atom is 0.491 e. The lowest BCUT2D eigenvalue weighted by molar-refractivity contribution is -0.109. The number of thioether (sulfide) groups is 1. The van der Waals surface area contributed by atoms with Gasteiger partial charge in [-0.2, -0.15) is 5.10 Å². The average molecular weight is 358 g/mol. The van der Waals surface area contributed by atoms with Crippen molar-refractivity contribution in [2.45, 2.75) is 45.8 Å². The van der Waals surface area contributed by atoms with Gasteiger partial charge in [0.15, 0.2) is 5.12 Å². The molecule has 0 radical (unpaired) electrons. The van der Waals surface area contributed by atoms with Crippen molar-refractivity contribution in [2.24, 2.45) is 0 Å². The highest BCUT2D eigenvalue weighted by molar-refractivity contribution is 8.13. The first-order valence-electron chi connectivity index (χ1n) is 8.30. The quantitative estimate of drug-likeness (QED) is 0.841. The van der Waals surface area contributed by atoms with Crippen LogP contribution in [0, 0.1) is 0 Å². The van der Waals surface area contributed by atoms with Gasteiger partial charge in [-0.25, -0.2) is 0 Å². The number of benzene rings is 1. The summed E-state index contributed by atoms with van der Waals surface area (Å²) in [4.78, 5) is 11.5. The van der Waals surface area contributed by atoms with E-state index in [9.17, 15) is 4.79 Å². The number of aromatic amines is 1. The van der Waals surface area contributed by atoms with Gasteiger partial charge in [-0.3, -0.25) is 9.89 Å². The number of carbonyl (C=O) groups excluding carboxylic acids is 1. The van der Waals surface area contributed by atoms with E-state index in [2.05, 4.69) is 10.2 Å². The van der Waals surface area contributed by atoms with E-state index < -0.39 is 18.3 Å². The van der Waals surface area contributed by atoms with Crippen LogP contribution in [0.5, 0.6) is 0 Å². The second kappa shape index (κ2) is 6.63. The van der Waals surface area contributed by atoms with E-state index in [0.29, 0.717) is 5.75 Å². The first-order valence-corrected chi connectivity index (χ1v) is 9.29. The number of fused-ring (bicyclic) bond motifs is 1. The van der Waals surface area contributed by atoms with E-state index in [4.69, 9.17) is 9.31 Å². The molecule has 25 heavy (non-hydrogen) atoms. The number of carbonyl (C=O) groups is 1. The van der Waals surface area contributed by atoms with E-state index in [0.717, 1.165) is 21.9 Å². The standard InChI is InChI=1S/C18H23BN2O3S/c1-12(22)25-11-15(19-23-17(2,3)18(4,5)24-19)8-13-6-7-14-10-20-21-16(14)9-13/h6-10H,11H2,1-5H3,(H,20,21). The molecule has 1 aliphatic rings. The van der Waals surface area contributed by atoms with Crippen LogP contribution in [0.15, 0.2) is 29.9 Å². The summed E-state index contributed by atoms with van der Waals surface area (Å²) >= 11 is 1.26. The zero-order valence-corrected chi connectivity index (χ0v) is 16.1. The molecule has 1 aliphatic heterocycles. The van der Waals surface area contributed by atoms with Crippen LogP contribution in [0.2, 0.25) is 0 Å². The fourth-order valence-electron chi connectivity index (χ4n) is 2.62. The average Bonchev–Trinajstić information content (AvgIpc) is 3.05. The Bertz CT molecular complexity index is 813. The molecular formula is C18H23BN2O3S. The highest BCUT2D eigenvalue weighted by atomic mass is 32.2. The molecular weight excluding hydrogens is 335 g/mol. The molecule has 7 heteroatoms. The van der Waals surface area contributed by atoms with Gasteiger partial charge >= 0.3 is 7.12 Å². The van der Waals surface area contributed by atoms with E-state index in [-0.39, 0.29) is 5.12 Å².